The van der Waals surface area contributed by atoms with Crippen molar-refractivity contribution in [3.63, 3.8) is 0 Å². The lowest BCUT2D eigenvalue weighted by molar-refractivity contribution is -0.123. The molecule has 0 saturated heterocycles. The third-order valence-corrected chi connectivity index (χ3v) is 6.37. The van der Waals surface area contributed by atoms with Gasteiger partial charge in [-0.1, -0.05) is 18.6 Å². The number of carbonyl (C=O) groups is 1. The van der Waals surface area contributed by atoms with E-state index in [1.807, 2.05) is 35.6 Å². The lowest BCUT2D eigenvalue weighted by atomic mass is 9.83. The van der Waals surface area contributed by atoms with Crippen molar-refractivity contribution in [2.45, 2.75) is 44.3 Å². The third-order valence-electron chi connectivity index (χ3n) is 6.37. The Morgan fingerprint density at radius 1 is 1.08 bits per heavy atom. The monoisotopic (exact) mass is 497 g/mol. The van der Waals surface area contributed by atoms with Gasteiger partial charge < -0.3 is 21.3 Å². The molecule has 1 amide bonds. The minimum absolute atomic E-state index is 0.0626. The zero-order valence-electron chi connectivity index (χ0n) is 19.5. The molecule has 0 spiro atoms. The number of hydrogen-bond donors (Lipinski definition) is 4. The van der Waals surface area contributed by atoms with Gasteiger partial charge in [-0.05, 0) is 61.2 Å². The van der Waals surface area contributed by atoms with Gasteiger partial charge in [-0.2, -0.15) is 18.2 Å². The summed E-state index contributed by atoms with van der Waals surface area (Å²) < 4.78 is 38.0. The summed E-state index contributed by atoms with van der Waals surface area (Å²) >= 11 is 0. The molecule has 1 aliphatic carbocycles. The summed E-state index contributed by atoms with van der Waals surface area (Å²) in [5.74, 6) is 0.178. The standard InChI is InChI=1S/C25H26F3N7O/c26-25(27,28)14-31-23(36)19-13-30-24(32-18-8-7-17-12-29-10-9-16(17)11-18)35-22(19)34-21-6-2-5-20(33-21)15-3-1-4-15/h2,5-8,11,13,15,29H,1,3-4,9-10,12,14H2,(H,31,36)(H2,30,32,33,34,35). The first-order chi connectivity index (χ1) is 17.3. The largest absolute Gasteiger partial charge is 0.405 e. The van der Waals surface area contributed by atoms with E-state index >= 15 is 0 Å². The van der Waals surface area contributed by atoms with Gasteiger partial charge in [0.05, 0.1) is 0 Å². The van der Waals surface area contributed by atoms with Crippen molar-refractivity contribution in [3.8, 4) is 0 Å². The fraction of sp³-hybridized carbons (Fsp3) is 0.360. The lowest BCUT2D eigenvalue weighted by Crippen LogP contribution is -2.34. The van der Waals surface area contributed by atoms with Crippen LogP contribution in [0.4, 0.5) is 36.4 Å². The molecule has 0 radical (unpaired) electrons. The van der Waals surface area contributed by atoms with Crippen molar-refractivity contribution in [2.24, 2.45) is 0 Å². The number of amides is 1. The van der Waals surface area contributed by atoms with Crippen molar-refractivity contribution in [2.75, 3.05) is 23.7 Å². The lowest BCUT2D eigenvalue weighted by Gasteiger charge is -2.25. The summed E-state index contributed by atoms with van der Waals surface area (Å²) in [4.78, 5) is 25.8. The molecule has 1 fully saturated rings. The first-order valence-electron chi connectivity index (χ1n) is 11.9. The van der Waals surface area contributed by atoms with Gasteiger partial charge in [0.1, 0.15) is 23.7 Å². The van der Waals surface area contributed by atoms with Crippen LogP contribution in [-0.4, -0.2) is 40.1 Å². The van der Waals surface area contributed by atoms with Gasteiger partial charge in [-0.3, -0.25) is 4.79 Å². The predicted molar refractivity (Wildman–Crippen MR) is 130 cm³/mol. The number of carbonyl (C=O) groups excluding carboxylic acids is 1. The zero-order valence-corrected chi connectivity index (χ0v) is 19.5. The maximum Gasteiger partial charge on any atom is 0.405 e. The van der Waals surface area contributed by atoms with Crippen LogP contribution in [0.5, 0.6) is 0 Å². The minimum atomic E-state index is -4.54. The molecule has 188 valence electrons. The van der Waals surface area contributed by atoms with E-state index in [1.165, 1.54) is 17.3 Å². The number of nitrogens with zero attached hydrogens (tertiary/aromatic N) is 3. The van der Waals surface area contributed by atoms with Gasteiger partial charge in [0.25, 0.3) is 5.91 Å². The highest BCUT2D eigenvalue weighted by Gasteiger charge is 2.29. The van der Waals surface area contributed by atoms with E-state index in [-0.39, 0.29) is 17.3 Å². The molecule has 0 unspecified atom stereocenters. The molecule has 0 atom stereocenters. The summed E-state index contributed by atoms with van der Waals surface area (Å²) in [7, 11) is 0. The molecule has 2 aromatic heterocycles. The van der Waals surface area contributed by atoms with Crippen LogP contribution >= 0.6 is 0 Å². The fourth-order valence-corrected chi connectivity index (χ4v) is 4.24. The zero-order chi connectivity index (χ0) is 25.1. The number of anilines is 4. The molecule has 5 rings (SSSR count). The van der Waals surface area contributed by atoms with E-state index in [0.717, 1.165) is 50.2 Å². The number of fused-ring (bicyclic) bond motifs is 1. The number of alkyl halides is 3. The number of halogens is 3. The summed E-state index contributed by atoms with van der Waals surface area (Å²) in [6.45, 7) is 0.259. The molecular weight excluding hydrogens is 471 g/mol. The maximum absolute atomic E-state index is 12.7. The van der Waals surface area contributed by atoms with Gasteiger partial charge in [-0.15, -0.1) is 0 Å². The molecule has 3 heterocycles. The third kappa shape index (κ3) is 5.73. The van der Waals surface area contributed by atoms with Gasteiger partial charge in [-0.25, -0.2) is 9.97 Å². The summed E-state index contributed by atoms with van der Waals surface area (Å²) in [6.07, 6.45) is 0.876. The normalized spacial score (nSPS) is 15.5. The van der Waals surface area contributed by atoms with Crippen LogP contribution in [0.1, 0.15) is 52.4 Å². The Balaban J connectivity index is 1.41. The molecule has 11 heteroatoms. The van der Waals surface area contributed by atoms with E-state index in [2.05, 4.69) is 30.9 Å². The molecular formula is C25H26F3N7O. The Kier molecular flexibility index (Phi) is 6.73. The summed E-state index contributed by atoms with van der Waals surface area (Å²) in [6, 6.07) is 11.5. The first-order valence-corrected chi connectivity index (χ1v) is 11.9. The summed E-state index contributed by atoms with van der Waals surface area (Å²) in [5.41, 5.74) is 4.05. The second kappa shape index (κ2) is 10.1. The minimum Gasteiger partial charge on any atom is -0.343 e. The Labute approximate surface area is 206 Å². The van der Waals surface area contributed by atoms with E-state index in [1.54, 1.807) is 6.07 Å². The van der Waals surface area contributed by atoms with Crippen molar-refractivity contribution in [1.82, 2.24) is 25.6 Å². The molecule has 3 aromatic rings. The SMILES string of the molecule is O=C(NCC(F)(F)F)c1cnc(Nc2ccc3c(c2)CCNC3)nc1Nc1cccc(C2CCC2)n1. The summed E-state index contributed by atoms with van der Waals surface area (Å²) in [5, 5.41) is 11.4. The number of benzene rings is 1. The van der Waals surface area contributed by atoms with Crippen LogP contribution in [0.25, 0.3) is 0 Å². The van der Waals surface area contributed by atoms with Crippen LogP contribution in [0.2, 0.25) is 0 Å². The van der Waals surface area contributed by atoms with Crippen molar-refractivity contribution < 1.29 is 18.0 Å². The molecule has 2 aliphatic rings. The van der Waals surface area contributed by atoms with E-state index in [9.17, 15) is 18.0 Å². The molecule has 1 saturated carbocycles. The van der Waals surface area contributed by atoms with Crippen LogP contribution in [0, 0.1) is 0 Å². The predicted octanol–water partition coefficient (Wildman–Crippen LogP) is 4.56. The van der Waals surface area contributed by atoms with Crippen molar-refractivity contribution in [3.05, 3.63) is 65.0 Å². The van der Waals surface area contributed by atoms with Gasteiger partial charge >= 0.3 is 6.18 Å². The second-order valence-electron chi connectivity index (χ2n) is 8.99. The molecule has 1 aliphatic heterocycles. The molecule has 36 heavy (non-hydrogen) atoms. The van der Waals surface area contributed by atoms with Crippen LogP contribution in [0.3, 0.4) is 0 Å². The fourth-order valence-electron chi connectivity index (χ4n) is 4.24. The first kappa shape index (κ1) is 24.0. The Morgan fingerprint density at radius 3 is 2.72 bits per heavy atom. The van der Waals surface area contributed by atoms with E-state index in [4.69, 9.17) is 0 Å². The second-order valence-corrected chi connectivity index (χ2v) is 8.99. The quantitative estimate of drug-likeness (QED) is 0.379. The topological polar surface area (TPSA) is 104 Å². The van der Waals surface area contributed by atoms with Gasteiger partial charge in [0, 0.05) is 30.0 Å². The number of nitrogens with one attached hydrogen (secondary N) is 4. The number of aromatic nitrogens is 3. The van der Waals surface area contributed by atoms with Crippen LogP contribution < -0.4 is 21.3 Å². The maximum atomic E-state index is 12.7. The smallest absolute Gasteiger partial charge is 0.343 e. The van der Waals surface area contributed by atoms with E-state index in [0.29, 0.717) is 11.7 Å². The van der Waals surface area contributed by atoms with Crippen LogP contribution in [0.15, 0.2) is 42.6 Å². The molecule has 8 nitrogen and oxygen atoms in total. The molecule has 4 N–H and O–H groups in total. The number of rotatable bonds is 7. The van der Waals surface area contributed by atoms with Crippen molar-refractivity contribution in [1.29, 1.82) is 0 Å². The molecule has 1 aromatic carbocycles. The average Bonchev–Trinajstić information content (AvgIpc) is 2.81. The van der Waals surface area contributed by atoms with Gasteiger partial charge in [0.2, 0.25) is 5.95 Å². The Bertz CT molecular complexity index is 1260. The average molecular weight is 498 g/mol. The van der Waals surface area contributed by atoms with Crippen molar-refractivity contribution >= 4 is 29.2 Å². The molecule has 0 bridgehead atoms. The number of pyridine rings is 1. The van der Waals surface area contributed by atoms with E-state index < -0.39 is 18.6 Å². The highest BCUT2D eigenvalue weighted by molar-refractivity contribution is 5.99. The van der Waals surface area contributed by atoms with Crippen LogP contribution in [-0.2, 0) is 13.0 Å². The highest BCUT2D eigenvalue weighted by Crippen LogP contribution is 2.35. The highest BCUT2D eigenvalue weighted by atomic mass is 19.4. The number of hydrogen-bond acceptors (Lipinski definition) is 7. The Hall–Kier alpha value is -3.73. The Morgan fingerprint density at radius 2 is 1.94 bits per heavy atom. The van der Waals surface area contributed by atoms with Gasteiger partial charge in [0.15, 0.2) is 0 Å².